The molecule has 23 heavy (non-hydrogen) atoms. The van der Waals surface area contributed by atoms with Crippen molar-refractivity contribution in [3.63, 3.8) is 0 Å². The summed E-state index contributed by atoms with van der Waals surface area (Å²) in [5.41, 5.74) is 0. The van der Waals surface area contributed by atoms with E-state index in [2.05, 4.69) is 19.1 Å². The normalized spacial score (nSPS) is 20.2. The van der Waals surface area contributed by atoms with E-state index < -0.39 is 5.97 Å². The highest BCUT2D eigenvalue weighted by Gasteiger charge is 2.36. The standard InChI is InChI=1S/C20H36O3/c1-2-3-4-5-9-12-15-18-19(23-18)16-13-10-7-6-8-11-14-17-20(21)22/h7,10,18-19H,2-6,8-9,11-17H2,1H3,(H,21,22)/b10-7-/t18-,19-/m1/s1. The monoisotopic (exact) mass is 324 g/mol. The van der Waals surface area contributed by atoms with Crippen LogP contribution in [0.5, 0.6) is 0 Å². The Kier molecular flexibility index (Phi) is 11.9. The summed E-state index contributed by atoms with van der Waals surface area (Å²) in [6.45, 7) is 2.26. The van der Waals surface area contributed by atoms with Gasteiger partial charge in [0.1, 0.15) is 0 Å². The summed E-state index contributed by atoms with van der Waals surface area (Å²) in [4.78, 5) is 10.4. The van der Waals surface area contributed by atoms with Gasteiger partial charge < -0.3 is 9.84 Å². The highest BCUT2D eigenvalue weighted by Crippen LogP contribution is 2.31. The van der Waals surface area contributed by atoms with E-state index in [-0.39, 0.29) is 0 Å². The van der Waals surface area contributed by atoms with E-state index in [1.165, 1.54) is 44.9 Å². The van der Waals surface area contributed by atoms with E-state index >= 15 is 0 Å². The van der Waals surface area contributed by atoms with Crippen LogP contribution in [-0.2, 0) is 9.53 Å². The van der Waals surface area contributed by atoms with Crippen molar-refractivity contribution in [1.29, 1.82) is 0 Å². The van der Waals surface area contributed by atoms with Crippen molar-refractivity contribution in [3.05, 3.63) is 12.2 Å². The molecule has 0 amide bonds. The first-order valence-electron chi connectivity index (χ1n) is 9.76. The number of unbranched alkanes of at least 4 members (excludes halogenated alkanes) is 8. The van der Waals surface area contributed by atoms with E-state index in [9.17, 15) is 4.79 Å². The first-order chi connectivity index (χ1) is 11.2. The smallest absolute Gasteiger partial charge is 0.303 e. The average molecular weight is 325 g/mol. The van der Waals surface area contributed by atoms with E-state index in [4.69, 9.17) is 9.84 Å². The summed E-state index contributed by atoms with van der Waals surface area (Å²) in [6, 6.07) is 0. The molecule has 1 aliphatic heterocycles. The highest BCUT2D eigenvalue weighted by atomic mass is 16.6. The zero-order valence-corrected chi connectivity index (χ0v) is 15.0. The fraction of sp³-hybridized carbons (Fsp3) is 0.850. The molecule has 0 aliphatic carbocycles. The van der Waals surface area contributed by atoms with E-state index in [0.717, 1.165) is 38.5 Å². The van der Waals surface area contributed by atoms with Crippen molar-refractivity contribution >= 4 is 5.97 Å². The lowest BCUT2D eigenvalue weighted by atomic mass is 10.1. The van der Waals surface area contributed by atoms with Gasteiger partial charge in [0.15, 0.2) is 0 Å². The number of carboxylic acid groups (broad SMARTS) is 1. The molecule has 1 aliphatic rings. The predicted octanol–water partition coefficient (Wildman–Crippen LogP) is 5.88. The van der Waals surface area contributed by atoms with Crippen LogP contribution in [0.1, 0.15) is 96.8 Å². The largest absolute Gasteiger partial charge is 0.481 e. The predicted molar refractivity (Wildman–Crippen MR) is 95.7 cm³/mol. The summed E-state index contributed by atoms with van der Waals surface area (Å²) < 4.78 is 5.74. The summed E-state index contributed by atoms with van der Waals surface area (Å²) in [5, 5.41) is 8.54. The van der Waals surface area contributed by atoms with Crippen molar-refractivity contribution < 1.29 is 14.6 Å². The Balaban J connectivity index is 1.81. The molecule has 0 saturated carbocycles. The molecule has 1 heterocycles. The molecule has 0 radical (unpaired) electrons. The maximum absolute atomic E-state index is 10.4. The van der Waals surface area contributed by atoms with Gasteiger partial charge in [0, 0.05) is 6.42 Å². The molecule has 1 saturated heterocycles. The maximum Gasteiger partial charge on any atom is 0.303 e. The highest BCUT2D eigenvalue weighted by molar-refractivity contribution is 5.66. The summed E-state index contributed by atoms with van der Waals surface area (Å²) >= 11 is 0. The second kappa shape index (κ2) is 13.6. The number of rotatable bonds is 16. The first-order valence-corrected chi connectivity index (χ1v) is 9.76. The molecule has 134 valence electrons. The topological polar surface area (TPSA) is 49.8 Å². The van der Waals surface area contributed by atoms with Crippen molar-refractivity contribution in [2.24, 2.45) is 0 Å². The van der Waals surface area contributed by atoms with E-state index in [1.807, 2.05) is 0 Å². The molecule has 0 bridgehead atoms. The van der Waals surface area contributed by atoms with Crippen LogP contribution in [0.15, 0.2) is 12.2 Å². The number of aliphatic carboxylic acids is 1. The molecular formula is C20H36O3. The fourth-order valence-corrected chi connectivity index (χ4v) is 3.02. The van der Waals surface area contributed by atoms with Crippen molar-refractivity contribution in [3.8, 4) is 0 Å². The van der Waals surface area contributed by atoms with Crippen LogP contribution in [-0.4, -0.2) is 23.3 Å². The summed E-state index contributed by atoms with van der Waals surface area (Å²) in [5.74, 6) is -0.680. The molecule has 0 aromatic heterocycles. The Morgan fingerprint density at radius 1 is 0.870 bits per heavy atom. The Labute approximate surface area is 142 Å². The molecule has 3 heteroatoms. The number of carbonyl (C=O) groups is 1. The van der Waals surface area contributed by atoms with Crippen LogP contribution >= 0.6 is 0 Å². The minimum Gasteiger partial charge on any atom is -0.481 e. The molecule has 1 N–H and O–H groups in total. The average Bonchev–Trinajstić information content (AvgIpc) is 3.27. The molecule has 1 rings (SSSR count). The molecule has 0 spiro atoms. The lowest BCUT2D eigenvalue weighted by molar-refractivity contribution is -0.137. The zero-order valence-electron chi connectivity index (χ0n) is 15.0. The van der Waals surface area contributed by atoms with Crippen molar-refractivity contribution in [1.82, 2.24) is 0 Å². The molecule has 0 aromatic carbocycles. The third kappa shape index (κ3) is 12.3. The maximum atomic E-state index is 10.4. The molecule has 2 atom stereocenters. The zero-order chi connectivity index (χ0) is 16.8. The number of allylic oxidation sites excluding steroid dienone is 2. The van der Waals surface area contributed by atoms with Gasteiger partial charge >= 0.3 is 5.97 Å². The molecule has 3 nitrogen and oxygen atoms in total. The Bertz CT molecular complexity index is 325. The van der Waals surface area contributed by atoms with Crippen LogP contribution < -0.4 is 0 Å². The molecule has 0 unspecified atom stereocenters. The third-order valence-corrected chi connectivity index (χ3v) is 4.58. The summed E-state index contributed by atoms with van der Waals surface area (Å²) in [7, 11) is 0. The van der Waals surface area contributed by atoms with Gasteiger partial charge in [-0.2, -0.15) is 0 Å². The van der Waals surface area contributed by atoms with Gasteiger partial charge in [-0.25, -0.2) is 0 Å². The Morgan fingerprint density at radius 2 is 1.52 bits per heavy atom. The van der Waals surface area contributed by atoms with Gasteiger partial charge in [-0.1, -0.05) is 64.0 Å². The number of carboxylic acids is 1. The third-order valence-electron chi connectivity index (χ3n) is 4.58. The van der Waals surface area contributed by atoms with Crippen LogP contribution in [0.25, 0.3) is 0 Å². The van der Waals surface area contributed by atoms with Crippen LogP contribution in [0.2, 0.25) is 0 Å². The molecule has 0 aromatic rings. The van der Waals surface area contributed by atoms with Crippen LogP contribution in [0.4, 0.5) is 0 Å². The van der Waals surface area contributed by atoms with E-state index in [0.29, 0.717) is 18.6 Å². The van der Waals surface area contributed by atoms with Gasteiger partial charge in [0.25, 0.3) is 0 Å². The second-order valence-electron chi connectivity index (χ2n) is 6.81. The SMILES string of the molecule is CCCCCCCC[C@H]1O[C@@H]1CC/C=C\CCCCCC(=O)O. The van der Waals surface area contributed by atoms with Crippen molar-refractivity contribution in [2.45, 2.75) is 109 Å². The number of epoxide rings is 1. The van der Waals surface area contributed by atoms with Gasteiger partial charge in [0.05, 0.1) is 12.2 Å². The first kappa shape index (κ1) is 20.2. The van der Waals surface area contributed by atoms with Gasteiger partial charge in [0.2, 0.25) is 0 Å². The minimum atomic E-state index is -0.680. The number of hydrogen-bond donors (Lipinski definition) is 1. The van der Waals surface area contributed by atoms with Crippen LogP contribution in [0, 0.1) is 0 Å². The fourth-order valence-electron chi connectivity index (χ4n) is 3.02. The Hall–Kier alpha value is -0.830. The molecule has 1 fully saturated rings. The minimum absolute atomic E-state index is 0.308. The van der Waals surface area contributed by atoms with Gasteiger partial charge in [-0.05, 0) is 38.5 Å². The lowest BCUT2D eigenvalue weighted by Crippen LogP contribution is -1.94. The summed E-state index contributed by atoms with van der Waals surface area (Å²) in [6.07, 6.45) is 21.6. The van der Waals surface area contributed by atoms with Crippen molar-refractivity contribution in [2.75, 3.05) is 0 Å². The van der Waals surface area contributed by atoms with Crippen LogP contribution in [0.3, 0.4) is 0 Å². The second-order valence-corrected chi connectivity index (χ2v) is 6.81. The van der Waals surface area contributed by atoms with Gasteiger partial charge in [-0.3, -0.25) is 4.79 Å². The number of hydrogen-bond acceptors (Lipinski definition) is 2. The van der Waals surface area contributed by atoms with E-state index in [1.54, 1.807) is 0 Å². The molecular weight excluding hydrogens is 288 g/mol. The quantitative estimate of drug-likeness (QED) is 0.219. The number of ether oxygens (including phenoxy) is 1. The van der Waals surface area contributed by atoms with Gasteiger partial charge in [-0.15, -0.1) is 0 Å². The Morgan fingerprint density at radius 3 is 2.30 bits per heavy atom. The lowest BCUT2D eigenvalue weighted by Gasteiger charge is -1.98.